The predicted molar refractivity (Wildman–Crippen MR) is 137 cm³/mol. The first-order chi connectivity index (χ1) is 17.0. The van der Waals surface area contributed by atoms with Crippen LogP contribution in [0.3, 0.4) is 0 Å². The largest absolute Gasteiger partial charge is 0.372 e. The third kappa shape index (κ3) is 4.23. The number of H-pyrrole nitrogens is 2. The van der Waals surface area contributed by atoms with Crippen molar-refractivity contribution in [2.45, 2.75) is 32.5 Å². The van der Waals surface area contributed by atoms with Gasteiger partial charge in [0.15, 0.2) is 0 Å². The fourth-order valence-corrected chi connectivity index (χ4v) is 5.11. The quantitative estimate of drug-likeness (QED) is 0.408. The molecule has 0 saturated carbocycles. The highest BCUT2D eigenvalue weighted by Crippen LogP contribution is 2.31. The van der Waals surface area contributed by atoms with Crippen molar-refractivity contribution in [1.29, 1.82) is 0 Å². The summed E-state index contributed by atoms with van der Waals surface area (Å²) in [7, 11) is 0. The molecule has 1 fully saturated rings. The van der Waals surface area contributed by atoms with Crippen molar-refractivity contribution < 1.29 is 9.53 Å². The van der Waals surface area contributed by atoms with E-state index in [0.29, 0.717) is 26.2 Å². The molecule has 180 valence electrons. The van der Waals surface area contributed by atoms with E-state index in [9.17, 15) is 4.79 Å². The van der Waals surface area contributed by atoms with Gasteiger partial charge in [0.1, 0.15) is 5.65 Å². The van der Waals surface area contributed by atoms with Crippen LogP contribution in [-0.4, -0.2) is 74.4 Å². The molecule has 0 unspecified atom stereocenters. The summed E-state index contributed by atoms with van der Waals surface area (Å²) < 4.78 is 5.78. The van der Waals surface area contributed by atoms with Crippen molar-refractivity contribution >= 4 is 44.9 Å². The Morgan fingerprint density at radius 2 is 2.00 bits per heavy atom. The van der Waals surface area contributed by atoms with E-state index in [1.165, 1.54) is 5.57 Å². The van der Waals surface area contributed by atoms with Crippen molar-refractivity contribution in [3.8, 4) is 0 Å². The molecule has 1 aromatic carbocycles. The molecule has 2 aliphatic heterocycles. The number of anilines is 2. The van der Waals surface area contributed by atoms with Crippen molar-refractivity contribution in [1.82, 2.24) is 30.0 Å². The lowest BCUT2D eigenvalue weighted by molar-refractivity contribution is -0.0579. The number of aromatic nitrogens is 4. The minimum atomic E-state index is 0.0712. The van der Waals surface area contributed by atoms with E-state index in [0.717, 1.165) is 45.4 Å². The molecule has 1 saturated heterocycles. The molecule has 2 amide bonds. The Morgan fingerprint density at radius 3 is 2.80 bits per heavy atom. The van der Waals surface area contributed by atoms with Gasteiger partial charge in [-0.15, -0.1) is 0 Å². The smallest absolute Gasteiger partial charge is 0.320 e. The summed E-state index contributed by atoms with van der Waals surface area (Å²) in [4.78, 5) is 24.9. The lowest BCUT2D eigenvalue weighted by Gasteiger charge is -2.39. The summed E-state index contributed by atoms with van der Waals surface area (Å²) in [6.07, 6.45) is 6.72. The first-order valence-corrected chi connectivity index (χ1v) is 12.1. The monoisotopic (exact) mass is 471 g/mol. The second kappa shape index (κ2) is 8.74. The van der Waals surface area contributed by atoms with Gasteiger partial charge in [-0.25, -0.2) is 9.78 Å². The van der Waals surface area contributed by atoms with E-state index in [4.69, 9.17) is 4.74 Å². The van der Waals surface area contributed by atoms with Gasteiger partial charge >= 0.3 is 6.03 Å². The number of aromatic amines is 2. The van der Waals surface area contributed by atoms with Crippen molar-refractivity contribution in [3.05, 3.63) is 54.5 Å². The van der Waals surface area contributed by atoms with Crippen molar-refractivity contribution in [2.24, 2.45) is 0 Å². The van der Waals surface area contributed by atoms with Crippen LogP contribution in [-0.2, 0) is 4.74 Å². The second-order valence-corrected chi connectivity index (χ2v) is 9.47. The van der Waals surface area contributed by atoms with Gasteiger partial charge < -0.3 is 24.8 Å². The normalized spacial score (nSPS) is 20.9. The van der Waals surface area contributed by atoms with Crippen molar-refractivity contribution in [2.75, 3.05) is 31.5 Å². The molecule has 3 N–H and O–H groups in total. The van der Waals surface area contributed by atoms with E-state index in [-0.39, 0.29) is 18.2 Å². The van der Waals surface area contributed by atoms with E-state index in [1.54, 1.807) is 6.20 Å². The lowest BCUT2D eigenvalue weighted by atomic mass is 10.0. The zero-order valence-corrected chi connectivity index (χ0v) is 19.9. The number of rotatable bonds is 3. The van der Waals surface area contributed by atoms with E-state index in [1.807, 2.05) is 48.0 Å². The predicted octanol–water partition coefficient (Wildman–Crippen LogP) is 4.50. The molecule has 9 heteroatoms. The summed E-state index contributed by atoms with van der Waals surface area (Å²) in [6, 6.07) is 10.4. The van der Waals surface area contributed by atoms with Crippen LogP contribution >= 0.6 is 0 Å². The molecule has 5 heterocycles. The Kier molecular flexibility index (Phi) is 5.41. The van der Waals surface area contributed by atoms with Crippen LogP contribution in [0.25, 0.3) is 27.5 Å². The molecule has 2 aliphatic rings. The van der Waals surface area contributed by atoms with Gasteiger partial charge in [-0.05, 0) is 56.2 Å². The number of amides is 2. The first kappa shape index (κ1) is 21.7. The number of urea groups is 1. The maximum absolute atomic E-state index is 13.0. The Morgan fingerprint density at radius 1 is 1.14 bits per heavy atom. The average Bonchev–Trinajstić information content (AvgIpc) is 3.50. The molecule has 4 aromatic rings. The van der Waals surface area contributed by atoms with Crippen LogP contribution in [0.4, 0.5) is 16.2 Å². The summed E-state index contributed by atoms with van der Waals surface area (Å²) in [5.41, 5.74) is 6.09. The number of ether oxygens (including phenoxy) is 1. The number of hydrogen-bond donors (Lipinski definition) is 3. The Labute approximate surface area is 203 Å². The van der Waals surface area contributed by atoms with E-state index >= 15 is 0 Å². The molecule has 0 radical (unpaired) electrons. The fourth-order valence-electron chi connectivity index (χ4n) is 5.11. The molecule has 6 rings (SSSR count). The third-order valence-electron chi connectivity index (χ3n) is 6.77. The molecule has 0 spiro atoms. The van der Waals surface area contributed by atoms with Gasteiger partial charge in [-0.1, -0.05) is 6.08 Å². The second-order valence-electron chi connectivity index (χ2n) is 9.47. The van der Waals surface area contributed by atoms with Crippen molar-refractivity contribution in [3.63, 3.8) is 0 Å². The van der Waals surface area contributed by atoms with Crippen LogP contribution in [0.15, 0.2) is 48.8 Å². The van der Waals surface area contributed by atoms with Gasteiger partial charge in [-0.3, -0.25) is 5.10 Å². The van der Waals surface area contributed by atoms with E-state index in [2.05, 4.69) is 43.7 Å². The lowest BCUT2D eigenvalue weighted by Crippen LogP contribution is -2.53. The molecular weight excluding hydrogens is 442 g/mol. The Hall–Kier alpha value is -3.85. The maximum Gasteiger partial charge on any atom is 0.320 e. The van der Waals surface area contributed by atoms with Crippen LogP contribution < -0.4 is 5.32 Å². The minimum absolute atomic E-state index is 0.0712. The van der Waals surface area contributed by atoms with Gasteiger partial charge in [0, 0.05) is 54.5 Å². The van der Waals surface area contributed by atoms with Gasteiger partial charge in [0.2, 0.25) is 0 Å². The summed E-state index contributed by atoms with van der Waals surface area (Å²) in [5.74, 6) is 0. The third-order valence-corrected chi connectivity index (χ3v) is 6.77. The zero-order chi connectivity index (χ0) is 23.9. The number of nitrogens with one attached hydrogen (secondary N) is 3. The topological polar surface area (TPSA) is 102 Å². The maximum atomic E-state index is 13.0. The first-order valence-electron chi connectivity index (χ1n) is 12.1. The number of pyridine rings is 1. The number of carbonyl (C=O) groups excluding carboxylic acids is 1. The summed E-state index contributed by atoms with van der Waals surface area (Å²) in [5, 5.41) is 12.7. The molecule has 3 aromatic heterocycles. The SMILES string of the molecule is C[C@@H]1CN(C(=O)N2CC=C(c3cc4c(Nc5ccc6[nH]ncc6c5)ccnc4[nH]3)CC2)C[C@H](C)O1. The highest BCUT2D eigenvalue weighted by Gasteiger charge is 2.30. The van der Waals surface area contributed by atoms with Crippen LogP contribution in [0.1, 0.15) is 26.0 Å². The molecule has 2 atom stereocenters. The molecular formula is C26H29N7O2. The summed E-state index contributed by atoms with van der Waals surface area (Å²) >= 11 is 0. The molecule has 0 aliphatic carbocycles. The average molecular weight is 472 g/mol. The number of benzene rings is 1. The number of nitrogens with zero attached hydrogens (tertiary/aromatic N) is 4. The standard InChI is InChI=1S/C26H29N7O2/c1-16-14-33(15-17(2)35-16)26(34)32-9-6-18(7-10-32)24-12-21-23(5-8-27-25(21)30-24)29-20-3-4-22-19(11-20)13-28-31-22/h3-6,8,11-13,16-17H,7,9-10,14-15H2,1-2H3,(H,28,31)(H2,27,29,30)/t16-,17+. The fraction of sp³-hybridized carbons (Fsp3) is 0.346. The number of fused-ring (bicyclic) bond motifs is 2. The molecule has 0 bridgehead atoms. The van der Waals surface area contributed by atoms with Crippen LogP contribution in [0.2, 0.25) is 0 Å². The number of carbonyl (C=O) groups is 1. The van der Waals surface area contributed by atoms with Gasteiger partial charge in [0.25, 0.3) is 0 Å². The minimum Gasteiger partial charge on any atom is -0.372 e. The number of hydrogen-bond acceptors (Lipinski definition) is 5. The van der Waals surface area contributed by atoms with Gasteiger partial charge in [0.05, 0.1) is 29.6 Å². The highest BCUT2D eigenvalue weighted by molar-refractivity contribution is 5.95. The van der Waals surface area contributed by atoms with E-state index < -0.39 is 0 Å². The summed E-state index contributed by atoms with van der Waals surface area (Å²) in [6.45, 7) is 6.64. The number of morpholine rings is 1. The molecule has 9 nitrogen and oxygen atoms in total. The highest BCUT2D eigenvalue weighted by atomic mass is 16.5. The van der Waals surface area contributed by atoms with Crippen LogP contribution in [0.5, 0.6) is 0 Å². The molecule has 35 heavy (non-hydrogen) atoms. The van der Waals surface area contributed by atoms with Crippen LogP contribution in [0, 0.1) is 0 Å². The Balaban J connectivity index is 1.19. The van der Waals surface area contributed by atoms with Gasteiger partial charge in [-0.2, -0.15) is 5.10 Å². The Bertz CT molecular complexity index is 1410. The zero-order valence-electron chi connectivity index (χ0n) is 19.9.